The van der Waals surface area contributed by atoms with Gasteiger partial charge in [0.05, 0.1) is 12.2 Å². The van der Waals surface area contributed by atoms with Crippen LogP contribution >= 0.6 is 0 Å². The molecule has 0 bridgehead atoms. The summed E-state index contributed by atoms with van der Waals surface area (Å²) in [6.45, 7) is 3.52. The van der Waals surface area contributed by atoms with Crippen LogP contribution in [0.3, 0.4) is 0 Å². The molecule has 0 aromatic heterocycles. The van der Waals surface area contributed by atoms with Gasteiger partial charge in [0.25, 0.3) is 0 Å². The van der Waals surface area contributed by atoms with E-state index in [1.54, 1.807) is 0 Å². The molecule has 0 aliphatic carbocycles. The number of unbranched alkanes of at least 4 members (excludes halogenated alkanes) is 3. The Morgan fingerprint density at radius 3 is 2.38 bits per heavy atom. The minimum Gasteiger partial charge on any atom is -0.396 e. The Hall–Kier alpha value is -0.0800. The van der Waals surface area contributed by atoms with Crippen molar-refractivity contribution >= 4 is 0 Å². The van der Waals surface area contributed by atoms with Crippen molar-refractivity contribution in [3.05, 3.63) is 0 Å². The fourth-order valence-corrected chi connectivity index (χ4v) is 1.96. The van der Waals surface area contributed by atoms with E-state index in [0.717, 1.165) is 25.9 Å². The molecule has 1 heterocycles. The second-order valence-corrected chi connectivity index (χ2v) is 4.02. The molecule has 1 atom stereocenters. The molecule has 0 amide bonds. The molecule has 13 heavy (non-hydrogen) atoms. The minimum absolute atomic E-state index is 0.249. The van der Waals surface area contributed by atoms with Gasteiger partial charge in [-0.15, -0.1) is 0 Å². The van der Waals surface area contributed by atoms with E-state index in [9.17, 15) is 0 Å². The summed E-state index contributed by atoms with van der Waals surface area (Å²) >= 11 is 0. The first-order valence-corrected chi connectivity index (χ1v) is 5.58. The molecule has 0 spiro atoms. The lowest BCUT2D eigenvalue weighted by molar-refractivity contribution is -0.154. The number of ether oxygens (including phenoxy) is 1. The first kappa shape index (κ1) is 11.0. The highest BCUT2D eigenvalue weighted by Gasteiger charge is 2.35. The number of hydrogen-bond donors (Lipinski definition) is 1. The third-order valence-corrected chi connectivity index (χ3v) is 3.15. The molecule has 0 saturated carbocycles. The molecule has 1 aliphatic heterocycles. The van der Waals surface area contributed by atoms with Crippen LogP contribution in [0.1, 0.15) is 51.9 Å². The van der Waals surface area contributed by atoms with Crippen LogP contribution in [-0.4, -0.2) is 23.9 Å². The van der Waals surface area contributed by atoms with E-state index in [1.807, 2.05) is 0 Å². The molecule has 1 rings (SSSR count). The van der Waals surface area contributed by atoms with Gasteiger partial charge >= 0.3 is 0 Å². The van der Waals surface area contributed by atoms with Crippen LogP contribution in [0.15, 0.2) is 0 Å². The van der Waals surface area contributed by atoms with Crippen molar-refractivity contribution < 1.29 is 9.84 Å². The standard InChI is InChI=1S/C11H22O2/c1-2-11(8-10-13-11)7-5-3-4-6-9-12/h12H,2-10H2,1H3. The summed E-state index contributed by atoms with van der Waals surface area (Å²) in [6, 6.07) is 0. The maximum absolute atomic E-state index is 8.60. The summed E-state index contributed by atoms with van der Waals surface area (Å²) in [5.41, 5.74) is 0.249. The Kier molecular flexibility index (Phi) is 4.74. The van der Waals surface area contributed by atoms with Gasteiger partial charge in [-0.3, -0.25) is 0 Å². The van der Waals surface area contributed by atoms with Crippen LogP contribution < -0.4 is 0 Å². The van der Waals surface area contributed by atoms with Gasteiger partial charge in [-0.05, 0) is 25.7 Å². The van der Waals surface area contributed by atoms with Gasteiger partial charge in [-0.25, -0.2) is 0 Å². The van der Waals surface area contributed by atoms with E-state index in [0.29, 0.717) is 6.61 Å². The van der Waals surface area contributed by atoms with Crippen LogP contribution in [0, 0.1) is 0 Å². The highest BCUT2D eigenvalue weighted by atomic mass is 16.5. The van der Waals surface area contributed by atoms with Crippen molar-refractivity contribution in [1.82, 2.24) is 0 Å². The largest absolute Gasteiger partial charge is 0.396 e. The summed E-state index contributed by atoms with van der Waals surface area (Å²) in [6.07, 6.45) is 8.25. The molecule has 2 heteroatoms. The molecule has 2 nitrogen and oxygen atoms in total. The van der Waals surface area contributed by atoms with Gasteiger partial charge in [0.15, 0.2) is 0 Å². The average molecular weight is 186 g/mol. The first-order valence-electron chi connectivity index (χ1n) is 5.58. The second-order valence-electron chi connectivity index (χ2n) is 4.02. The van der Waals surface area contributed by atoms with Crippen molar-refractivity contribution in [2.45, 2.75) is 57.5 Å². The van der Waals surface area contributed by atoms with Crippen molar-refractivity contribution in [2.75, 3.05) is 13.2 Å². The third-order valence-electron chi connectivity index (χ3n) is 3.15. The van der Waals surface area contributed by atoms with Crippen LogP contribution in [0.4, 0.5) is 0 Å². The normalized spacial score (nSPS) is 27.2. The zero-order valence-electron chi connectivity index (χ0n) is 8.72. The zero-order valence-corrected chi connectivity index (χ0v) is 8.72. The third kappa shape index (κ3) is 3.28. The van der Waals surface area contributed by atoms with E-state index in [4.69, 9.17) is 9.84 Å². The predicted molar refractivity (Wildman–Crippen MR) is 53.8 cm³/mol. The molecule has 78 valence electrons. The summed E-state index contributed by atoms with van der Waals surface area (Å²) in [7, 11) is 0. The van der Waals surface area contributed by atoms with E-state index < -0.39 is 0 Å². The summed E-state index contributed by atoms with van der Waals surface area (Å²) in [4.78, 5) is 0. The quantitative estimate of drug-likeness (QED) is 0.619. The highest BCUT2D eigenvalue weighted by molar-refractivity contribution is 4.85. The lowest BCUT2D eigenvalue weighted by atomic mass is 9.86. The molecular formula is C11H22O2. The summed E-state index contributed by atoms with van der Waals surface area (Å²) < 4.78 is 5.62. The Morgan fingerprint density at radius 1 is 1.23 bits per heavy atom. The van der Waals surface area contributed by atoms with Crippen molar-refractivity contribution in [2.24, 2.45) is 0 Å². The minimum atomic E-state index is 0.249. The van der Waals surface area contributed by atoms with Gasteiger partial charge in [0, 0.05) is 6.61 Å². The number of aliphatic hydroxyl groups is 1. The molecule has 1 unspecified atom stereocenters. The monoisotopic (exact) mass is 186 g/mol. The molecule has 1 aliphatic rings. The maximum Gasteiger partial charge on any atom is 0.0701 e. The SMILES string of the molecule is CCC1(CCCCCCO)CCO1. The Morgan fingerprint density at radius 2 is 1.92 bits per heavy atom. The number of rotatable bonds is 7. The topological polar surface area (TPSA) is 29.5 Å². The lowest BCUT2D eigenvalue weighted by Crippen LogP contribution is -2.42. The first-order chi connectivity index (χ1) is 6.33. The Labute approximate surface area is 81.3 Å². The number of hydrogen-bond acceptors (Lipinski definition) is 2. The second kappa shape index (κ2) is 5.61. The van der Waals surface area contributed by atoms with E-state index in [-0.39, 0.29) is 5.60 Å². The van der Waals surface area contributed by atoms with Crippen molar-refractivity contribution in [1.29, 1.82) is 0 Å². The molecule has 1 fully saturated rings. The highest BCUT2D eigenvalue weighted by Crippen LogP contribution is 2.34. The van der Waals surface area contributed by atoms with Crippen LogP contribution in [0.5, 0.6) is 0 Å². The molecule has 0 aromatic carbocycles. The van der Waals surface area contributed by atoms with Gasteiger partial charge in [-0.1, -0.05) is 26.2 Å². The van der Waals surface area contributed by atoms with Crippen molar-refractivity contribution in [3.63, 3.8) is 0 Å². The van der Waals surface area contributed by atoms with Gasteiger partial charge in [-0.2, -0.15) is 0 Å². The number of aliphatic hydroxyl groups excluding tert-OH is 1. The predicted octanol–water partition coefficient (Wildman–Crippen LogP) is 2.50. The van der Waals surface area contributed by atoms with Crippen molar-refractivity contribution in [3.8, 4) is 0 Å². The van der Waals surface area contributed by atoms with Gasteiger partial charge in [0.1, 0.15) is 0 Å². The molecule has 1 saturated heterocycles. The lowest BCUT2D eigenvalue weighted by Gasteiger charge is -2.41. The Balaban J connectivity index is 1.98. The van der Waals surface area contributed by atoms with E-state index in [1.165, 1.54) is 25.7 Å². The van der Waals surface area contributed by atoms with E-state index in [2.05, 4.69) is 6.92 Å². The van der Waals surface area contributed by atoms with Crippen LogP contribution in [-0.2, 0) is 4.74 Å². The smallest absolute Gasteiger partial charge is 0.0701 e. The van der Waals surface area contributed by atoms with E-state index >= 15 is 0 Å². The Bertz CT molecular complexity index is 125. The van der Waals surface area contributed by atoms with Gasteiger partial charge < -0.3 is 9.84 Å². The summed E-state index contributed by atoms with van der Waals surface area (Å²) in [5.74, 6) is 0. The molecular weight excluding hydrogens is 164 g/mol. The zero-order chi connectivity index (χ0) is 9.57. The molecule has 1 N–H and O–H groups in total. The van der Waals surface area contributed by atoms with Gasteiger partial charge in [0.2, 0.25) is 0 Å². The summed E-state index contributed by atoms with van der Waals surface area (Å²) in [5, 5.41) is 8.60. The van der Waals surface area contributed by atoms with Crippen LogP contribution in [0.25, 0.3) is 0 Å². The molecule has 0 radical (unpaired) electrons. The molecule has 0 aromatic rings. The average Bonchev–Trinajstić information content (AvgIpc) is 2.09. The maximum atomic E-state index is 8.60. The van der Waals surface area contributed by atoms with Crippen LogP contribution in [0.2, 0.25) is 0 Å². The fraction of sp³-hybridized carbons (Fsp3) is 1.00. The fourth-order valence-electron chi connectivity index (χ4n) is 1.96.